The lowest BCUT2D eigenvalue weighted by atomic mass is 10.1. The second-order valence-corrected chi connectivity index (χ2v) is 5.06. The number of thiophene rings is 1. The fraction of sp³-hybridized carbons (Fsp3) is 0.538. The second kappa shape index (κ2) is 9.46. The van der Waals surface area contributed by atoms with Crippen LogP contribution in [-0.4, -0.2) is 45.8 Å². The number of carbonyl (C=O) groups is 2. The van der Waals surface area contributed by atoms with Crippen molar-refractivity contribution in [3.05, 3.63) is 22.4 Å². The van der Waals surface area contributed by atoms with Gasteiger partial charge in [-0.05, 0) is 11.4 Å². The van der Waals surface area contributed by atoms with Crippen LogP contribution in [0.25, 0.3) is 0 Å². The summed E-state index contributed by atoms with van der Waals surface area (Å²) in [5.74, 6) is -0.514. The van der Waals surface area contributed by atoms with Crippen molar-refractivity contribution in [2.45, 2.75) is 12.5 Å². The molecule has 1 rings (SSSR count). The van der Waals surface area contributed by atoms with Gasteiger partial charge in [0, 0.05) is 18.5 Å². The van der Waals surface area contributed by atoms with Crippen LogP contribution in [0.3, 0.4) is 0 Å². The lowest BCUT2D eigenvalue weighted by Crippen LogP contribution is -2.37. The average molecular weight is 300 g/mol. The number of hydrogen-bond acceptors (Lipinski definition) is 6. The molecule has 0 spiro atoms. The number of carbonyl (C=O) groups excluding carboxylic acids is 2. The lowest BCUT2D eigenvalue weighted by Gasteiger charge is -2.16. The van der Waals surface area contributed by atoms with Crippen molar-refractivity contribution in [1.29, 1.82) is 0 Å². The van der Waals surface area contributed by atoms with E-state index in [0.717, 1.165) is 4.88 Å². The fourth-order valence-electron chi connectivity index (χ4n) is 1.58. The van der Waals surface area contributed by atoms with E-state index in [2.05, 4.69) is 15.4 Å². The first-order valence-electron chi connectivity index (χ1n) is 6.26. The number of ether oxygens (including phenoxy) is 2. The summed E-state index contributed by atoms with van der Waals surface area (Å²) in [5, 5.41) is 7.69. The molecule has 20 heavy (non-hydrogen) atoms. The van der Waals surface area contributed by atoms with Gasteiger partial charge in [-0.25, -0.2) is 0 Å². The first kappa shape index (κ1) is 16.6. The summed E-state index contributed by atoms with van der Waals surface area (Å²) >= 11 is 1.49. The molecule has 0 radical (unpaired) electrons. The van der Waals surface area contributed by atoms with Crippen molar-refractivity contribution in [2.75, 3.05) is 33.9 Å². The molecule has 7 heteroatoms. The third-order valence-electron chi connectivity index (χ3n) is 2.59. The molecule has 0 saturated heterocycles. The van der Waals surface area contributed by atoms with Gasteiger partial charge in [0.05, 0.1) is 32.7 Å². The van der Waals surface area contributed by atoms with Crippen LogP contribution in [0.5, 0.6) is 0 Å². The Balaban J connectivity index is 2.48. The summed E-state index contributed by atoms with van der Waals surface area (Å²) < 4.78 is 9.53. The first-order valence-corrected chi connectivity index (χ1v) is 7.14. The van der Waals surface area contributed by atoms with Crippen LogP contribution in [0.15, 0.2) is 17.5 Å². The van der Waals surface area contributed by atoms with Gasteiger partial charge in [0.2, 0.25) is 5.91 Å². The van der Waals surface area contributed by atoms with E-state index in [-0.39, 0.29) is 30.9 Å². The van der Waals surface area contributed by atoms with Gasteiger partial charge in [-0.2, -0.15) is 0 Å². The van der Waals surface area contributed by atoms with Gasteiger partial charge in [0.1, 0.15) is 0 Å². The van der Waals surface area contributed by atoms with E-state index in [1.165, 1.54) is 18.4 Å². The number of hydrogen-bond donors (Lipinski definition) is 2. The van der Waals surface area contributed by atoms with Gasteiger partial charge in [-0.1, -0.05) is 6.07 Å². The Morgan fingerprint density at radius 2 is 2.20 bits per heavy atom. The van der Waals surface area contributed by atoms with Gasteiger partial charge >= 0.3 is 5.97 Å². The molecule has 112 valence electrons. The minimum Gasteiger partial charge on any atom is -0.469 e. The first-order chi connectivity index (χ1) is 9.67. The van der Waals surface area contributed by atoms with Crippen LogP contribution in [0.4, 0.5) is 0 Å². The molecule has 1 unspecified atom stereocenters. The molecule has 1 aromatic heterocycles. The van der Waals surface area contributed by atoms with E-state index in [0.29, 0.717) is 13.2 Å². The zero-order chi connectivity index (χ0) is 14.8. The molecule has 0 fully saturated rings. The highest BCUT2D eigenvalue weighted by Gasteiger charge is 2.19. The molecule has 1 heterocycles. The van der Waals surface area contributed by atoms with E-state index < -0.39 is 0 Å². The average Bonchev–Trinajstić information content (AvgIpc) is 2.97. The largest absolute Gasteiger partial charge is 0.469 e. The second-order valence-electron chi connectivity index (χ2n) is 4.09. The van der Waals surface area contributed by atoms with Crippen molar-refractivity contribution in [1.82, 2.24) is 10.6 Å². The summed E-state index contributed by atoms with van der Waals surface area (Å²) in [6.45, 7) is 1.33. The number of amides is 1. The normalized spacial score (nSPS) is 11.9. The predicted octanol–water partition coefficient (Wildman–Crippen LogP) is 0.705. The van der Waals surface area contributed by atoms with Crippen molar-refractivity contribution in [3.63, 3.8) is 0 Å². The highest BCUT2D eigenvalue weighted by atomic mass is 32.1. The monoisotopic (exact) mass is 300 g/mol. The SMILES string of the molecule is COCCNCC(=O)NC(CC(=O)OC)c1cccs1. The highest BCUT2D eigenvalue weighted by molar-refractivity contribution is 7.10. The van der Waals surface area contributed by atoms with Crippen LogP contribution in [0.1, 0.15) is 17.3 Å². The number of rotatable bonds is 9. The molecular formula is C13H20N2O4S. The molecule has 0 aliphatic rings. The molecule has 0 aliphatic carbocycles. The van der Waals surface area contributed by atoms with E-state index in [1.807, 2.05) is 17.5 Å². The Hall–Kier alpha value is -1.44. The van der Waals surface area contributed by atoms with E-state index in [9.17, 15) is 9.59 Å². The number of esters is 1. The molecular weight excluding hydrogens is 280 g/mol. The van der Waals surface area contributed by atoms with Gasteiger partial charge in [-0.15, -0.1) is 11.3 Å². The Morgan fingerprint density at radius 3 is 2.80 bits per heavy atom. The lowest BCUT2D eigenvalue weighted by molar-refractivity contribution is -0.141. The predicted molar refractivity (Wildman–Crippen MR) is 76.6 cm³/mol. The van der Waals surface area contributed by atoms with Crippen LogP contribution in [0.2, 0.25) is 0 Å². The standard InChI is InChI=1S/C13H20N2O4S/c1-18-6-5-14-9-12(16)15-10(8-13(17)19-2)11-4-3-7-20-11/h3-4,7,10,14H,5-6,8-9H2,1-2H3,(H,15,16). The zero-order valence-corrected chi connectivity index (χ0v) is 12.5. The van der Waals surface area contributed by atoms with Crippen LogP contribution in [0, 0.1) is 0 Å². The topological polar surface area (TPSA) is 76.7 Å². The van der Waals surface area contributed by atoms with Crippen molar-refractivity contribution in [2.24, 2.45) is 0 Å². The molecule has 6 nitrogen and oxygen atoms in total. The Kier molecular flexibility index (Phi) is 7.86. The minimum absolute atomic E-state index is 0.126. The maximum atomic E-state index is 11.8. The maximum absolute atomic E-state index is 11.8. The summed E-state index contributed by atoms with van der Waals surface area (Å²) in [6, 6.07) is 3.42. The molecule has 0 aromatic carbocycles. The van der Waals surface area contributed by atoms with E-state index >= 15 is 0 Å². The molecule has 1 aromatic rings. The number of methoxy groups -OCH3 is 2. The molecule has 0 aliphatic heterocycles. The van der Waals surface area contributed by atoms with Gasteiger partial charge in [0.15, 0.2) is 0 Å². The van der Waals surface area contributed by atoms with E-state index in [4.69, 9.17) is 4.74 Å². The van der Waals surface area contributed by atoms with Crippen LogP contribution < -0.4 is 10.6 Å². The summed E-state index contributed by atoms with van der Waals surface area (Å²) in [5.41, 5.74) is 0. The summed E-state index contributed by atoms with van der Waals surface area (Å²) in [7, 11) is 2.94. The smallest absolute Gasteiger partial charge is 0.307 e. The molecule has 2 N–H and O–H groups in total. The van der Waals surface area contributed by atoms with Crippen LogP contribution >= 0.6 is 11.3 Å². The Labute approximate surface area is 122 Å². The summed E-state index contributed by atoms with van der Waals surface area (Å²) in [4.78, 5) is 24.1. The zero-order valence-electron chi connectivity index (χ0n) is 11.7. The molecule has 0 saturated carbocycles. The van der Waals surface area contributed by atoms with Crippen molar-refractivity contribution < 1.29 is 19.1 Å². The Morgan fingerprint density at radius 1 is 1.40 bits per heavy atom. The molecule has 0 bridgehead atoms. The van der Waals surface area contributed by atoms with Gasteiger partial charge in [0.25, 0.3) is 0 Å². The molecule has 1 amide bonds. The fourth-order valence-corrected chi connectivity index (χ4v) is 2.36. The Bertz CT molecular complexity index is 409. The summed E-state index contributed by atoms with van der Waals surface area (Å²) in [6.07, 6.45) is 0.126. The van der Waals surface area contributed by atoms with Gasteiger partial charge in [-0.3, -0.25) is 9.59 Å². The van der Waals surface area contributed by atoms with Crippen molar-refractivity contribution in [3.8, 4) is 0 Å². The number of nitrogens with one attached hydrogen (secondary N) is 2. The highest BCUT2D eigenvalue weighted by Crippen LogP contribution is 2.22. The van der Waals surface area contributed by atoms with Gasteiger partial charge < -0.3 is 20.1 Å². The quantitative estimate of drug-likeness (QED) is 0.519. The minimum atomic E-state index is -0.351. The maximum Gasteiger partial charge on any atom is 0.307 e. The third-order valence-corrected chi connectivity index (χ3v) is 3.57. The van der Waals surface area contributed by atoms with Crippen LogP contribution in [-0.2, 0) is 19.1 Å². The molecule has 1 atom stereocenters. The van der Waals surface area contributed by atoms with Crippen molar-refractivity contribution >= 4 is 23.2 Å². The third kappa shape index (κ3) is 6.14. The van der Waals surface area contributed by atoms with E-state index in [1.54, 1.807) is 7.11 Å².